The number of carboxylic acid groups (broad SMARTS) is 1. The Bertz CT molecular complexity index is 1130. The molecule has 0 radical (unpaired) electrons. The number of carboxylic acids is 1. The van der Waals surface area contributed by atoms with Crippen LogP contribution in [0.25, 0.3) is 16.9 Å². The molecule has 0 unspecified atom stereocenters. The molecule has 0 aliphatic rings. The molecule has 4 aromatic rings. The van der Waals surface area contributed by atoms with Crippen molar-refractivity contribution in [1.82, 2.24) is 9.78 Å². The summed E-state index contributed by atoms with van der Waals surface area (Å²) in [4.78, 5) is 25.3. The van der Waals surface area contributed by atoms with Gasteiger partial charge in [-0.05, 0) is 12.1 Å². The van der Waals surface area contributed by atoms with Crippen molar-refractivity contribution in [2.45, 2.75) is 0 Å². The Morgan fingerprint density at radius 3 is 1.86 bits per heavy atom. The fourth-order valence-electron chi connectivity index (χ4n) is 3.11. The van der Waals surface area contributed by atoms with Crippen molar-refractivity contribution in [3.63, 3.8) is 0 Å². The molecule has 0 aliphatic carbocycles. The monoisotopic (exact) mass is 367 g/mol. The van der Waals surface area contributed by atoms with Gasteiger partial charge in [-0.1, -0.05) is 78.9 Å². The first-order valence-corrected chi connectivity index (χ1v) is 8.72. The van der Waals surface area contributed by atoms with Gasteiger partial charge in [0.05, 0.1) is 17.2 Å². The number of rotatable bonds is 5. The van der Waals surface area contributed by atoms with E-state index in [2.05, 4.69) is 5.10 Å². The zero-order valence-electron chi connectivity index (χ0n) is 14.8. The Morgan fingerprint density at radius 2 is 1.29 bits per heavy atom. The van der Waals surface area contributed by atoms with Crippen LogP contribution in [0.2, 0.25) is 0 Å². The van der Waals surface area contributed by atoms with E-state index in [1.165, 1.54) is 4.68 Å². The van der Waals surface area contributed by atoms with E-state index in [0.717, 1.165) is 0 Å². The average molecular weight is 367 g/mol. The summed E-state index contributed by atoms with van der Waals surface area (Å²) in [5, 5.41) is 16.6. The van der Waals surface area contributed by atoms with Crippen molar-refractivity contribution in [3.05, 3.63) is 108 Å². The SMILES string of the molecule is O=C(c1ccccc1)c1c(-c2ccccc2)nn(-c2ccccc2)c1C(=O)[O-]. The zero-order valence-corrected chi connectivity index (χ0v) is 14.8. The van der Waals surface area contributed by atoms with Crippen LogP contribution >= 0.6 is 0 Å². The molecular formula is C23H15N2O3-. The van der Waals surface area contributed by atoms with Gasteiger partial charge in [-0.3, -0.25) is 4.79 Å². The number of hydrogen-bond donors (Lipinski definition) is 0. The van der Waals surface area contributed by atoms with Crippen molar-refractivity contribution in [2.75, 3.05) is 0 Å². The predicted octanol–water partition coefficient (Wildman–Crippen LogP) is 3.13. The molecule has 28 heavy (non-hydrogen) atoms. The standard InChI is InChI=1S/C23H16N2O3/c26-22(17-12-6-2-7-13-17)19-20(16-10-4-1-5-11-16)24-25(21(19)23(27)28)18-14-8-3-9-15-18/h1-15H,(H,27,28)/p-1. The second kappa shape index (κ2) is 7.32. The Morgan fingerprint density at radius 1 is 0.750 bits per heavy atom. The summed E-state index contributed by atoms with van der Waals surface area (Å²) < 4.78 is 1.26. The highest BCUT2D eigenvalue weighted by Gasteiger charge is 2.26. The Labute approximate surface area is 161 Å². The number of carbonyl (C=O) groups is 2. The van der Waals surface area contributed by atoms with Gasteiger partial charge in [-0.15, -0.1) is 0 Å². The molecule has 0 saturated heterocycles. The molecule has 5 nitrogen and oxygen atoms in total. The lowest BCUT2D eigenvalue weighted by molar-refractivity contribution is -0.255. The highest BCUT2D eigenvalue weighted by Crippen LogP contribution is 2.29. The topological polar surface area (TPSA) is 75.0 Å². The first kappa shape index (κ1) is 17.4. The van der Waals surface area contributed by atoms with Gasteiger partial charge in [-0.2, -0.15) is 5.10 Å². The molecule has 136 valence electrons. The minimum atomic E-state index is -1.46. The third-order valence-electron chi connectivity index (χ3n) is 4.39. The quantitative estimate of drug-likeness (QED) is 0.508. The van der Waals surface area contributed by atoms with Gasteiger partial charge in [0.1, 0.15) is 11.4 Å². The molecule has 0 aliphatic heterocycles. The molecule has 0 N–H and O–H groups in total. The molecule has 0 fully saturated rings. The van der Waals surface area contributed by atoms with Crippen molar-refractivity contribution in [2.24, 2.45) is 0 Å². The van der Waals surface area contributed by atoms with Crippen molar-refractivity contribution >= 4 is 11.8 Å². The Hall–Kier alpha value is -3.99. The lowest BCUT2D eigenvalue weighted by Crippen LogP contribution is -2.28. The first-order valence-electron chi connectivity index (χ1n) is 8.72. The number of benzene rings is 3. The average Bonchev–Trinajstić information content (AvgIpc) is 3.16. The summed E-state index contributed by atoms with van der Waals surface area (Å²) in [6, 6.07) is 26.4. The molecule has 0 spiro atoms. The summed E-state index contributed by atoms with van der Waals surface area (Å²) in [6.07, 6.45) is 0. The van der Waals surface area contributed by atoms with Crippen molar-refractivity contribution in [3.8, 4) is 16.9 Å². The molecule has 1 heterocycles. The Balaban J connectivity index is 2.03. The third-order valence-corrected chi connectivity index (χ3v) is 4.39. The van der Waals surface area contributed by atoms with E-state index in [1.54, 1.807) is 66.7 Å². The minimum Gasteiger partial charge on any atom is -0.543 e. The number of hydrogen-bond acceptors (Lipinski definition) is 4. The molecule has 5 heteroatoms. The van der Waals surface area contributed by atoms with Crippen LogP contribution in [0.4, 0.5) is 0 Å². The molecular weight excluding hydrogens is 352 g/mol. The van der Waals surface area contributed by atoms with Crippen molar-refractivity contribution < 1.29 is 14.7 Å². The minimum absolute atomic E-state index is 0.0150. The van der Waals surface area contributed by atoms with Crippen molar-refractivity contribution in [1.29, 1.82) is 0 Å². The predicted molar refractivity (Wildman–Crippen MR) is 103 cm³/mol. The van der Waals surface area contributed by atoms with Crippen LogP contribution in [0.1, 0.15) is 26.4 Å². The summed E-state index contributed by atoms with van der Waals surface area (Å²) in [5.41, 5.74) is 1.62. The molecule has 1 aromatic heterocycles. The van der Waals surface area contributed by atoms with Crippen LogP contribution in [0.5, 0.6) is 0 Å². The largest absolute Gasteiger partial charge is 0.543 e. The summed E-state index contributed by atoms with van der Waals surface area (Å²) >= 11 is 0. The lowest BCUT2D eigenvalue weighted by atomic mass is 9.97. The van der Waals surface area contributed by atoms with Crippen LogP contribution in [-0.4, -0.2) is 21.5 Å². The number of para-hydroxylation sites is 1. The lowest BCUT2D eigenvalue weighted by Gasteiger charge is -2.10. The molecule has 0 bridgehead atoms. The number of aromatic carboxylic acids is 1. The highest BCUT2D eigenvalue weighted by molar-refractivity contribution is 6.17. The van der Waals surface area contributed by atoms with Gasteiger partial charge in [0.15, 0.2) is 5.78 Å². The normalized spacial score (nSPS) is 10.6. The van der Waals surface area contributed by atoms with Gasteiger partial charge in [0, 0.05) is 11.1 Å². The van der Waals surface area contributed by atoms with E-state index in [1.807, 2.05) is 24.3 Å². The van der Waals surface area contributed by atoms with E-state index in [4.69, 9.17) is 0 Å². The zero-order chi connectivity index (χ0) is 19.5. The maximum atomic E-state index is 13.3. The smallest absolute Gasteiger partial charge is 0.197 e. The molecule has 0 saturated carbocycles. The fraction of sp³-hybridized carbons (Fsp3) is 0. The van der Waals surface area contributed by atoms with Gasteiger partial charge in [-0.25, -0.2) is 4.68 Å². The maximum Gasteiger partial charge on any atom is 0.197 e. The van der Waals surface area contributed by atoms with E-state index in [0.29, 0.717) is 22.5 Å². The number of aromatic nitrogens is 2. The third kappa shape index (κ3) is 3.10. The molecule has 0 atom stereocenters. The van der Waals surface area contributed by atoms with Crippen LogP contribution < -0.4 is 5.11 Å². The van der Waals surface area contributed by atoms with Gasteiger partial charge in [0.25, 0.3) is 0 Å². The first-order chi connectivity index (χ1) is 13.7. The number of nitrogens with zero attached hydrogens (tertiary/aromatic N) is 2. The maximum absolute atomic E-state index is 13.3. The number of ketones is 1. The van der Waals surface area contributed by atoms with Gasteiger partial charge in [0.2, 0.25) is 0 Å². The van der Waals surface area contributed by atoms with Gasteiger partial charge >= 0.3 is 0 Å². The fourth-order valence-corrected chi connectivity index (χ4v) is 3.11. The Kier molecular flexibility index (Phi) is 4.56. The van der Waals surface area contributed by atoms with E-state index >= 15 is 0 Å². The molecule has 0 amide bonds. The van der Waals surface area contributed by atoms with Crippen LogP contribution in [0.15, 0.2) is 91.0 Å². The van der Waals surface area contributed by atoms with Crippen LogP contribution in [0, 0.1) is 0 Å². The highest BCUT2D eigenvalue weighted by atomic mass is 16.4. The second-order valence-corrected chi connectivity index (χ2v) is 6.17. The summed E-state index contributed by atoms with van der Waals surface area (Å²) in [7, 11) is 0. The van der Waals surface area contributed by atoms with E-state index in [9.17, 15) is 14.7 Å². The summed E-state index contributed by atoms with van der Waals surface area (Å²) in [5.74, 6) is -1.88. The van der Waals surface area contributed by atoms with E-state index in [-0.39, 0.29) is 11.3 Å². The molecule has 4 rings (SSSR count). The molecule has 3 aromatic carbocycles. The van der Waals surface area contributed by atoms with Gasteiger partial charge < -0.3 is 9.90 Å². The van der Waals surface area contributed by atoms with E-state index < -0.39 is 11.8 Å². The van der Waals surface area contributed by atoms with Crippen LogP contribution in [0.3, 0.4) is 0 Å². The second-order valence-electron chi connectivity index (χ2n) is 6.17. The summed E-state index contributed by atoms with van der Waals surface area (Å²) in [6.45, 7) is 0. The van der Waals surface area contributed by atoms with Crippen LogP contribution in [-0.2, 0) is 0 Å². The number of carbonyl (C=O) groups excluding carboxylic acids is 2.